The van der Waals surface area contributed by atoms with Crippen LogP contribution in [0.1, 0.15) is 33.1 Å². The van der Waals surface area contributed by atoms with E-state index in [0.717, 1.165) is 12.8 Å². The van der Waals surface area contributed by atoms with Crippen LogP contribution in [0.5, 0.6) is 0 Å². The molecular weight excluding hydrogens is 306 g/mol. The maximum Gasteiger partial charge on any atom is 0.261 e. The molecule has 0 atom stereocenters. The molecule has 0 unspecified atom stereocenters. The van der Waals surface area contributed by atoms with Gasteiger partial charge in [0.2, 0.25) is 5.91 Å². The minimum absolute atomic E-state index is 0.0562. The standard InChI is InChI=1S/C18H25N3O3/c1-3-18(4-2,9-10-22)12-19-16(23)11-21-13-20-15-8-6-5-7-14(15)17(21)24/h5-8,13,22H,3-4,9-12H2,1-2H3,(H,19,23). The maximum atomic E-state index is 12.4. The van der Waals surface area contributed by atoms with Crippen LogP contribution in [0.4, 0.5) is 0 Å². The minimum atomic E-state index is -0.224. The highest BCUT2D eigenvalue weighted by Crippen LogP contribution is 2.29. The first-order valence-corrected chi connectivity index (χ1v) is 8.37. The molecule has 6 nitrogen and oxygen atoms in total. The number of fused-ring (bicyclic) bond motifs is 1. The second kappa shape index (κ2) is 8.06. The molecule has 6 heteroatoms. The minimum Gasteiger partial charge on any atom is -0.396 e. The van der Waals surface area contributed by atoms with Gasteiger partial charge in [0, 0.05) is 13.2 Å². The number of aromatic nitrogens is 2. The smallest absolute Gasteiger partial charge is 0.261 e. The third kappa shape index (κ3) is 4.00. The van der Waals surface area contributed by atoms with Crippen LogP contribution in [0.25, 0.3) is 10.9 Å². The third-order valence-electron chi connectivity index (χ3n) is 4.85. The molecule has 0 saturated heterocycles. The second-order valence-corrected chi connectivity index (χ2v) is 6.15. The fourth-order valence-corrected chi connectivity index (χ4v) is 2.89. The Morgan fingerprint density at radius 3 is 2.67 bits per heavy atom. The van der Waals surface area contributed by atoms with Gasteiger partial charge in [-0.2, -0.15) is 0 Å². The van der Waals surface area contributed by atoms with Crippen LogP contribution >= 0.6 is 0 Å². The fraction of sp³-hybridized carbons (Fsp3) is 0.500. The number of hydrogen-bond acceptors (Lipinski definition) is 4. The van der Waals surface area contributed by atoms with Crippen molar-refractivity contribution in [3.8, 4) is 0 Å². The average molecular weight is 331 g/mol. The Morgan fingerprint density at radius 2 is 2.00 bits per heavy atom. The molecule has 0 fully saturated rings. The van der Waals surface area contributed by atoms with E-state index in [0.29, 0.717) is 23.9 Å². The summed E-state index contributed by atoms with van der Waals surface area (Å²) in [5, 5.41) is 12.6. The molecule has 0 aliphatic heterocycles. The van der Waals surface area contributed by atoms with Crippen LogP contribution in [0.3, 0.4) is 0 Å². The molecule has 0 saturated carbocycles. The summed E-state index contributed by atoms with van der Waals surface area (Å²) in [5.74, 6) is -0.224. The van der Waals surface area contributed by atoms with Crippen LogP contribution in [0.2, 0.25) is 0 Å². The highest BCUT2D eigenvalue weighted by molar-refractivity contribution is 5.78. The number of aliphatic hydroxyl groups excluding tert-OH is 1. The SMILES string of the molecule is CCC(CC)(CCO)CNC(=O)Cn1cnc2ccccc2c1=O. The Balaban J connectivity index is 2.07. The lowest BCUT2D eigenvalue weighted by Gasteiger charge is -2.31. The van der Waals surface area contributed by atoms with Crippen LogP contribution in [0.15, 0.2) is 35.4 Å². The molecule has 24 heavy (non-hydrogen) atoms. The summed E-state index contributed by atoms with van der Waals surface area (Å²) in [6.45, 7) is 4.66. The normalized spacial score (nSPS) is 11.6. The van der Waals surface area contributed by atoms with Crippen molar-refractivity contribution in [2.24, 2.45) is 5.41 Å². The van der Waals surface area contributed by atoms with Gasteiger partial charge in [0.05, 0.1) is 17.2 Å². The van der Waals surface area contributed by atoms with Crippen molar-refractivity contribution in [1.82, 2.24) is 14.9 Å². The van der Waals surface area contributed by atoms with Gasteiger partial charge in [-0.25, -0.2) is 4.98 Å². The van der Waals surface area contributed by atoms with Crippen molar-refractivity contribution >= 4 is 16.8 Å². The second-order valence-electron chi connectivity index (χ2n) is 6.15. The Bertz CT molecular complexity index is 751. The number of nitrogens with one attached hydrogen (secondary N) is 1. The van der Waals surface area contributed by atoms with Gasteiger partial charge in [-0.15, -0.1) is 0 Å². The number of carbonyl (C=O) groups is 1. The largest absolute Gasteiger partial charge is 0.396 e. The van der Waals surface area contributed by atoms with Gasteiger partial charge in [0.15, 0.2) is 0 Å². The fourth-order valence-electron chi connectivity index (χ4n) is 2.89. The van der Waals surface area contributed by atoms with Crippen molar-refractivity contribution in [3.05, 3.63) is 40.9 Å². The summed E-state index contributed by atoms with van der Waals surface area (Å²) >= 11 is 0. The van der Waals surface area contributed by atoms with E-state index in [-0.39, 0.29) is 30.0 Å². The Morgan fingerprint density at radius 1 is 1.29 bits per heavy atom. The van der Waals surface area contributed by atoms with E-state index < -0.39 is 0 Å². The van der Waals surface area contributed by atoms with Crippen molar-refractivity contribution in [1.29, 1.82) is 0 Å². The zero-order chi connectivity index (χ0) is 17.6. The van der Waals surface area contributed by atoms with Crippen LogP contribution in [-0.2, 0) is 11.3 Å². The molecule has 2 N–H and O–H groups in total. The number of rotatable bonds is 8. The van der Waals surface area contributed by atoms with E-state index in [1.807, 2.05) is 6.07 Å². The molecule has 1 aromatic heterocycles. The highest BCUT2D eigenvalue weighted by atomic mass is 16.3. The maximum absolute atomic E-state index is 12.4. The van der Waals surface area contributed by atoms with Crippen molar-refractivity contribution < 1.29 is 9.90 Å². The number of nitrogens with zero attached hydrogens (tertiary/aromatic N) is 2. The van der Waals surface area contributed by atoms with Crippen molar-refractivity contribution in [2.75, 3.05) is 13.2 Å². The summed E-state index contributed by atoms with van der Waals surface area (Å²) in [6, 6.07) is 7.08. The van der Waals surface area contributed by atoms with Gasteiger partial charge in [-0.3, -0.25) is 14.2 Å². The Hall–Kier alpha value is -2.21. The van der Waals surface area contributed by atoms with E-state index in [4.69, 9.17) is 0 Å². The first-order valence-electron chi connectivity index (χ1n) is 8.37. The summed E-state index contributed by atoms with van der Waals surface area (Å²) in [5.41, 5.74) is 0.304. The van der Waals surface area contributed by atoms with Gasteiger partial charge in [-0.05, 0) is 36.8 Å². The van der Waals surface area contributed by atoms with Gasteiger partial charge in [0.25, 0.3) is 5.56 Å². The van der Waals surface area contributed by atoms with Crippen LogP contribution in [-0.4, -0.2) is 33.7 Å². The molecular formula is C18H25N3O3. The molecule has 2 aromatic rings. The average Bonchev–Trinajstić information content (AvgIpc) is 2.61. The molecule has 0 radical (unpaired) electrons. The molecule has 0 spiro atoms. The van der Waals surface area contributed by atoms with Gasteiger partial charge in [-0.1, -0.05) is 26.0 Å². The lowest BCUT2D eigenvalue weighted by atomic mass is 9.79. The molecule has 0 aliphatic carbocycles. The lowest BCUT2D eigenvalue weighted by Crippen LogP contribution is -2.40. The van der Waals surface area contributed by atoms with Crippen molar-refractivity contribution in [2.45, 2.75) is 39.7 Å². The Kier molecular flexibility index (Phi) is 6.09. The van der Waals surface area contributed by atoms with E-state index >= 15 is 0 Å². The van der Waals surface area contributed by atoms with Gasteiger partial charge < -0.3 is 10.4 Å². The van der Waals surface area contributed by atoms with Gasteiger partial charge in [0.1, 0.15) is 6.54 Å². The first-order chi connectivity index (χ1) is 11.5. The number of aliphatic hydroxyl groups is 1. The summed E-state index contributed by atoms with van der Waals surface area (Å²) in [4.78, 5) is 28.8. The van der Waals surface area contributed by atoms with Crippen molar-refractivity contribution in [3.63, 3.8) is 0 Å². The van der Waals surface area contributed by atoms with Crippen LogP contribution in [0, 0.1) is 5.41 Å². The van der Waals surface area contributed by atoms with Gasteiger partial charge >= 0.3 is 0 Å². The third-order valence-corrected chi connectivity index (χ3v) is 4.85. The highest BCUT2D eigenvalue weighted by Gasteiger charge is 2.26. The van der Waals surface area contributed by atoms with E-state index in [1.54, 1.807) is 18.2 Å². The number of amides is 1. The number of carbonyl (C=O) groups excluding carboxylic acids is 1. The summed E-state index contributed by atoms with van der Waals surface area (Å²) < 4.78 is 1.32. The first kappa shape index (κ1) is 18.1. The van der Waals surface area contributed by atoms with Crippen LogP contribution < -0.4 is 10.9 Å². The summed E-state index contributed by atoms with van der Waals surface area (Å²) in [6.07, 6.45) is 3.81. The lowest BCUT2D eigenvalue weighted by molar-refractivity contribution is -0.122. The molecule has 2 rings (SSSR count). The predicted octanol–water partition coefficient (Wildman–Crippen LogP) is 1.70. The quantitative estimate of drug-likeness (QED) is 0.771. The summed E-state index contributed by atoms with van der Waals surface area (Å²) in [7, 11) is 0. The Labute approximate surface area is 141 Å². The topological polar surface area (TPSA) is 84.2 Å². The monoisotopic (exact) mass is 331 g/mol. The number of benzene rings is 1. The number of para-hydroxylation sites is 1. The van der Waals surface area contributed by atoms with E-state index in [1.165, 1.54) is 10.9 Å². The molecule has 1 heterocycles. The predicted molar refractivity (Wildman–Crippen MR) is 93.7 cm³/mol. The molecule has 1 aromatic carbocycles. The molecule has 130 valence electrons. The molecule has 0 bridgehead atoms. The molecule has 0 aliphatic rings. The molecule has 1 amide bonds. The zero-order valence-electron chi connectivity index (χ0n) is 14.3. The number of hydrogen-bond donors (Lipinski definition) is 2. The van der Waals surface area contributed by atoms with E-state index in [9.17, 15) is 14.7 Å². The zero-order valence-corrected chi connectivity index (χ0v) is 14.3. The van der Waals surface area contributed by atoms with E-state index in [2.05, 4.69) is 24.1 Å².